The van der Waals surface area contributed by atoms with Gasteiger partial charge in [0.05, 0.1) is 12.8 Å². The standard InChI is InChI=1S/C9H11F2N3O5/c10-9(11)5(17)4(2-15)19-7(9)14-1-3(16)6(12)13-8(14)18/h1,4-5,7,15-17H,2H2,(H2,12,13,18). The van der Waals surface area contributed by atoms with Crippen molar-refractivity contribution < 1.29 is 28.8 Å². The van der Waals surface area contributed by atoms with Crippen LogP contribution in [0.1, 0.15) is 6.23 Å². The molecule has 2 rings (SSSR count). The summed E-state index contributed by atoms with van der Waals surface area (Å²) in [7, 11) is 0. The zero-order valence-electron chi connectivity index (χ0n) is 9.40. The molecule has 3 unspecified atom stereocenters. The lowest BCUT2D eigenvalue weighted by Crippen LogP contribution is -2.41. The number of nitrogens with zero attached hydrogens (tertiary/aromatic N) is 2. The Kier molecular flexibility index (Phi) is 3.16. The Morgan fingerprint density at radius 3 is 2.74 bits per heavy atom. The van der Waals surface area contributed by atoms with Crippen molar-refractivity contribution in [2.75, 3.05) is 12.3 Å². The zero-order chi connectivity index (χ0) is 14.4. The monoisotopic (exact) mass is 279 g/mol. The van der Waals surface area contributed by atoms with Crippen molar-refractivity contribution in [3.63, 3.8) is 0 Å². The number of aromatic hydroxyl groups is 1. The van der Waals surface area contributed by atoms with Gasteiger partial charge in [0.2, 0.25) is 6.23 Å². The van der Waals surface area contributed by atoms with Crippen LogP contribution in [0.3, 0.4) is 0 Å². The number of anilines is 1. The lowest BCUT2D eigenvalue weighted by atomic mass is 10.1. The van der Waals surface area contributed by atoms with Crippen molar-refractivity contribution in [1.29, 1.82) is 0 Å². The summed E-state index contributed by atoms with van der Waals surface area (Å²) in [5.41, 5.74) is 3.97. The quantitative estimate of drug-likeness (QED) is 0.513. The highest BCUT2D eigenvalue weighted by molar-refractivity contribution is 5.41. The van der Waals surface area contributed by atoms with Crippen LogP contribution < -0.4 is 11.4 Å². The van der Waals surface area contributed by atoms with E-state index in [2.05, 4.69) is 4.98 Å². The Bertz CT molecular complexity index is 549. The highest BCUT2D eigenvalue weighted by Crippen LogP contribution is 2.42. The molecule has 1 fully saturated rings. The number of ether oxygens (including phenoxy) is 1. The van der Waals surface area contributed by atoms with Crippen LogP contribution in [0, 0.1) is 0 Å². The van der Waals surface area contributed by atoms with Crippen LogP contribution in [0.4, 0.5) is 14.6 Å². The second-order valence-electron chi connectivity index (χ2n) is 4.03. The van der Waals surface area contributed by atoms with Crippen LogP contribution in [0.15, 0.2) is 11.0 Å². The van der Waals surface area contributed by atoms with Gasteiger partial charge in [0, 0.05) is 0 Å². The molecule has 1 aliphatic rings. The maximum Gasteiger partial charge on any atom is 0.352 e. The smallest absolute Gasteiger partial charge is 0.352 e. The molecule has 19 heavy (non-hydrogen) atoms. The van der Waals surface area contributed by atoms with Gasteiger partial charge < -0.3 is 25.8 Å². The minimum atomic E-state index is -3.83. The molecule has 3 atom stereocenters. The maximum absolute atomic E-state index is 13.8. The van der Waals surface area contributed by atoms with Crippen LogP contribution in [-0.2, 0) is 4.74 Å². The van der Waals surface area contributed by atoms with Crippen molar-refractivity contribution in [3.05, 3.63) is 16.7 Å². The molecular weight excluding hydrogens is 268 g/mol. The molecule has 10 heteroatoms. The van der Waals surface area contributed by atoms with Crippen molar-refractivity contribution >= 4 is 5.82 Å². The van der Waals surface area contributed by atoms with Gasteiger partial charge in [-0.25, -0.2) is 4.79 Å². The molecule has 0 amide bonds. The summed E-state index contributed by atoms with van der Waals surface area (Å²) in [4.78, 5) is 14.6. The summed E-state index contributed by atoms with van der Waals surface area (Å²) in [6, 6.07) is 0. The molecular formula is C9H11F2N3O5. The minimum Gasteiger partial charge on any atom is -0.503 e. The molecule has 1 aromatic rings. The normalized spacial score (nSPS) is 29.6. The summed E-state index contributed by atoms with van der Waals surface area (Å²) < 4.78 is 32.5. The van der Waals surface area contributed by atoms with Gasteiger partial charge in [0.15, 0.2) is 17.7 Å². The largest absolute Gasteiger partial charge is 0.503 e. The summed E-state index contributed by atoms with van der Waals surface area (Å²) in [6.07, 6.45) is -5.39. The first-order chi connectivity index (χ1) is 8.78. The highest BCUT2D eigenvalue weighted by Gasteiger charge is 2.59. The number of nitrogens with two attached hydrogens (primary N) is 1. The van der Waals surface area contributed by atoms with E-state index in [1.165, 1.54) is 0 Å². The number of nitrogen functional groups attached to an aromatic ring is 1. The predicted octanol–water partition coefficient (Wildman–Crippen LogP) is -1.58. The van der Waals surface area contributed by atoms with E-state index in [4.69, 9.17) is 15.6 Å². The molecule has 1 saturated heterocycles. The van der Waals surface area contributed by atoms with E-state index >= 15 is 0 Å². The summed E-state index contributed by atoms with van der Waals surface area (Å²) in [6.45, 7) is -0.851. The van der Waals surface area contributed by atoms with E-state index in [1.807, 2.05) is 0 Å². The second kappa shape index (κ2) is 4.40. The molecule has 2 heterocycles. The summed E-state index contributed by atoms with van der Waals surface area (Å²) in [5, 5.41) is 27.4. The SMILES string of the molecule is Nc1nc(=O)n(C2OC(CO)C(O)C2(F)F)cc1O. The third-order valence-electron chi connectivity index (χ3n) is 2.77. The maximum atomic E-state index is 13.8. The van der Waals surface area contributed by atoms with E-state index in [-0.39, 0.29) is 0 Å². The first kappa shape index (κ1) is 13.6. The fraction of sp³-hybridized carbons (Fsp3) is 0.556. The van der Waals surface area contributed by atoms with Crippen molar-refractivity contribution in [1.82, 2.24) is 9.55 Å². The van der Waals surface area contributed by atoms with Gasteiger partial charge >= 0.3 is 11.6 Å². The average Bonchev–Trinajstić information content (AvgIpc) is 2.56. The average molecular weight is 279 g/mol. The number of aromatic nitrogens is 2. The van der Waals surface area contributed by atoms with Gasteiger partial charge in [-0.3, -0.25) is 4.57 Å². The predicted molar refractivity (Wildman–Crippen MR) is 56.5 cm³/mol. The second-order valence-corrected chi connectivity index (χ2v) is 4.03. The molecule has 5 N–H and O–H groups in total. The van der Waals surface area contributed by atoms with Crippen molar-refractivity contribution in [2.45, 2.75) is 24.4 Å². The number of hydrogen-bond donors (Lipinski definition) is 4. The van der Waals surface area contributed by atoms with Crippen LogP contribution in [0.2, 0.25) is 0 Å². The topological polar surface area (TPSA) is 131 Å². The lowest BCUT2D eigenvalue weighted by Gasteiger charge is -2.21. The first-order valence-corrected chi connectivity index (χ1v) is 5.19. The van der Waals surface area contributed by atoms with E-state index in [0.29, 0.717) is 10.8 Å². The Morgan fingerprint density at radius 2 is 2.21 bits per heavy atom. The number of alkyl halides is 2. The van der Waals surface area contributed by atoms with Crippen LogP contribution >= 0.6 is 0 Å². The molecule has 0 aromatic carbocycles. The van der Waals surface area contributed by atoms with Gasteiger partial charge in [-0.05, 0) is 0 Å². The number of aliphatic hydroxyl groups excluding tert-OH is 2. The molecule has 8 nitrogen and oxygen atoms in total. The van der Waals surface area contributed by atoms with Crippen LogP contribution in [0.5, 0.6) is 5.75 Å². The molecule has 1 aliphatic heterocycles. The van der Waals surface area contributed by atoms with Crippen molar-refractivity contribution in [2.24, 2.45) is 0 Å². The Hall–Kier alpha value is -1.78. The lowest BCUT2D eigenvalue weighted by molar-refractivity contribution is -0.141. The van der Waals surface area contributed by atoms with Gasteiger partial charge in [0.1, 0.15) is 6.10 Å². The Labute approximate surface area is 104 Å². The van der Waals surface area contributed by atoms with Crippen LogP contribution in [0.25, 0.3) is 0 Å². The summed E-state index contributed by atoms with van der Waals surface area (Å²) in [5.74, 6) is -5.02. The number of hydrogen-bond acceptors (Lipinski definition) is 7. The number of aliphatic hydroxyl groups is 2. The van der Waals surface area contributed by atoms with Gasteiger partial charge in [-0.15, -0.1) is 0 Å². The van der Waals surface area contributed by atoms with Gasteiger partial charge in [-0.2, -0.15) is 13.8 Å². The van der Waals surface area contributed by atoms with E-state index in [0.717, 1.165) is 0 Å². The minimum absolute atomic E-state index is 0.310. The molecule has 0 saturated carbocycles. The third-order valence-corrected chi connectivity index (χ3v) is 2.77. The molecule has 1 aromatic heterocycles. The Morgan fingerprint density at radius 1 is 1.58 bits per heavy atom. The molecule has 0 radical (unpaired) electrons. The highest BCUT2D eigenvalue weighted by atomic mass is 19.3. The van der Waals surface area contributed by atoms with Crippen LogP contribution in [-0.4, -0.2) is 49.6 Å². The van der Waals surface area contributed by atoms with Gasteiger partial charge in [0.25, 0.3) is 0 Å². The van der Waals surface area contributed by atoms with Gasteiger partial charge in [-0.1, -0.05) is 0 Å². The molecule has 0 spiro atoms. The van der Waals surface area contributed by atoms with E-state index < -0.39 is 48.2 Å². The third kappa shape index (κ3) is 2.03. The molecule has 0 aliphatic carbocycles. The number of rotatable bonds is 2. The fourth-order valence-electron chi connectivity index (χ4n) is 1.76. The molecule has 0 bridgehead atoms. The van der Waals surface area contributed by atoms with Crippen molar-refractivity contribution in [3.8, 4) is 5.75 Å². The summed E-state index contributed by atoms with van der Waals surface area (Å²) >= 11 is 0. The first-order valence-electron chi connectivity index (χ1n) is 5.19. The Balaban J connectivity index is 2.48. The molecule has 106 valence electrons. The fourth-order valence-corrected chi connectivity index (χ4v) is 1.76. The zero-order valence-corrected chi connectivity index (χ0v) is 9.40. The van der Waals surface area contributed by atoms with E-state index in [1.54, 1.807) is 0 Å². The van der Waals surface area contributed by atoms with E-state index in [9.17, 15) is 23.8 Å². The number of halogens is 2.